The van der Waals surface area contributed by atoms with Crippen LogP contribution >= 0.6 is 11.3 Å². The van der Waals surface area contributed by atoms with Gasteiger partial charge < -0.3 is 14.8 Å². The van der Waals surface area contributed by atoms with Crippen molar-refractivity contribution in [1.29, 1.82) is 0 Å². The lowest BCUT2D eigenvalue weighted by Crippen LogP contribution is -2.45. The zero-order valence-electron chi connectivity index (χ0n) is 13.9. The molecule has 0 saturated carbocycles. The first kappa shape index (κ1) is 15.2. The van der Waals surface area contributed by atoms with Crippen LogP contribution in [0.4, 0.5) is 0 Å². The Morgan fingerprint density at radius 3 is 2.68 bits per heavy atom. The van der Waals surface area contributed by atoms with Gasteiger partial charge in [0.25, 0.3) is 0 Å². The van der Waals surface area contributed by atoms with Crippen LogP contribution in [0.2, 0.25) is 0 Å². The Morgan fingerprint density at radius 1 is 0.960 bits per heavy atom. The van der Waals surface area contributed by atoms with Crippen molar-refractivity contribution < 1.29 is 9.47 Å². The van der Waals surface area contributed by atoms with E-state index < -0.39 is 0 Å². The molecular weight excluding hydrogens is 332 g/mol. The Bertz CT molecular complexity index is 869. The summed E-state index contributed by atoms with van der Waals surface area (Å²) in [7, 11) is 0. The summed E-state index contributed by atoms with van der Waals surface area (Å²) < 4.78 is 12.5. The highest BCUT2D eigenvalue weighted by Crippen LogP contribution is 2.41. The summed E-state index contributed by atoms with van der Waals surface area (Å²) >= 11 is 1.89. The van der Waals surface area contributed by atoms with Gasteiger partial charge in [0.1, 0.15) is 0 Å². The first-order chi connectivity index (χ1) is 12.4. The van der Waals surface area contributed by atoms with Crippen LogP contribution in [0.3, 0.4) is 0 Å². The van der Waals surface area contributed by atoms with E-state index in [0.29, 0.717) is 6.79 Å². The first-order valence-corrected chi connectivity index (χ1v) is 9.53. The van der Waals surface area contributed by atoms with E-state index >= 15 is 0 Å². The number of fused-ring (bicyclic) bond motifs is 2. The molecule has 0 amide bonds. The third-order valence-electron chi connectivity index (χ3n) is 4.94. The second-order valence-corrected chi connectivity index (χ2v) is 7.60. The minimum atomic E-state index is 0.258. The van der Waals surface area contributed by atoms with Crippen molar-refractivity contribution in [2.24, 2.45) is 0 Å². The quantitative estimate of drug-likeness (QED) is 0.781. The Labute approximate surface area is 151 Å². The number of ether oxygens (including phenoxy) is 2. The molecule has 128 valence electrons. The molecule has 0 bridgehead atoms. The molecule has 0 radical (unpaired) electrons. The molecule has 5 rings (SSSR count). The Balaban J connectivity index is 1.60. The smallest absolute Gasteiger partial charge is 0.231 e. The maximum Gasteiger partial charge on any atom is 0.231 e. The summed E-state index contributed by atoms with van der Waals surface area (Å²) in [6.45, 7) is 4.48. The van der Waals surface area contributed by atoms with Crippen LogP contribution in [0.5, 0.6) is 11.5 Å². The summed E-state index contributed by atoms with van der Waals surface area (Å²) in [5.41, 5.74) is 1.28. The molecule has 5 heteroatoms. The summed E-state index contributed by atoms with van der Waals surface area (Å²) in [4.78, 5) is 3.96. The van der Waals surface area contributed by atoms with Gasteiger partial charge in [-0.25, -0.2) is 0 Å². The molecule has 2 aromatic carbocycles. The Hall–Kier alpha value is -2.08. The molecule has 0 spiro atoms. The molecule has 1 N–H and O–H groups in total. The van der Waals surface area contributed by atoms with Crippen molar-refractivity contribution in [1.82, 2.24) is 10.2 Å². The summed E-state index contributed by atoms with van der Waals surface area (Å²) in [6, 6.07) is 17.6. The molecule has 2 aliphatic rings. The lowest BCUT2D eigenvalue weighted by atomic mass is 10.0. The highest BCUT2D eigenvalue weighted by Gasteiger charge is 2.27. The normalized spacial score (nSPS) is 18.6. The van der Waals surface area contributed by atoms with Crippen LogP contribution in [-0.2, 0) is 0 Å². The molecular formula is C20H20N2O2S. The van der Waals surface area contributed by atoms with E-state index in [-0.39, 0.29) is 6.04 Å². The van der Waals surface area contributed by atoms with E-state index in [0.717, 1.165) is 37.7 Å². The van der Waals surface area contributed by atoms with Crippen LogP contribution in [-0.4, -0.2) is 37.9 Å². The van der Waals surface area contributed by atoms with E-state index in [1.807, 2.05) is 17.4 Å². The van der Waals surface area contributed by atoms with Crippen LogP contribution in [0, 0.1) is 0 Å². The molecule has 3 aromatic rings. The van der Waals surface area contributed by atoms with Crippen LogP contribution in [0.25, 0.3) is 10.1 Å². The summed E-state index contributed by atoms with van der Waals surface area (Å²) in [6.07, 6.45) is 0. The average molecular weight is 352 g/mol. The maximum atomic E-state index is 5.62. The van der Waals surface area contributed by atoms with Crippen molar-refractivity contribution in [2.75, 3.05) is 33.0 Å². The molecule has 25 heavy (non-hydrogen) atoms. The first-order valence-electron chi connectivity index (χ1n) is 8.71. The molecule has 1 saturated heterocycles. The third kappa shape index (κ3) is 2.78. The fourth-order valence-corrected chi connectivity index (χ4v) is 4.94. The molecule has 0 aliphatic carbocycles. The SMILES string of the molecule is c1ccc2sc(C(c3ccc4c(c3)OCO4)N3CCNCC3)cc2c1. The van der Waals surface area contributed by atoms with Gasteiger partial charge in [-0.2, -0.15) is 0 Å². The lowest BCUT2D eigenvalue weighted by molar-refractivity contribution is 0.173. The number of thiophene rings is 1. The highest BCUT2D eigenvalue weighted by molar-refractivity contribution is 7.19. The van der Waals surface area contributed by atoms with E-state index in [2.05, 4.69) is 52.7 Å². The fourth-order valence-electron chi connectivity index (χ4n) is 3.72. The monoisotopic (exact) mass is 352 g/mol. The van der Waals surface area contributed by atoms with Gasteiger partial charge in [-0.1, -0.05) is 24.3 Å². The molecule has 1 unspecified atom stereocenters. The molecule has 4 nitrogen and oxygen atoms in total. The predicted molar refractivity (Wildman–Crippen MR) is 101 cm³/mol. The molecule has 1 atom stereocenters. The summed E-state index contributed by atoms with van der Waals surface area (Å²) in [5, 5.41) is 4.78. The largest absolute Gasteiger partial charge is 0.454 e. The van der Waals surface area contributed by atoms with E-state index in [1.54, 1.807) is 0 Å². The average Bonchev–Trinajstić information content (AvgIpc) is 3.29. The van der Waals surface area contributed by atoms with Crippen molar-refractivity contribution in [3.63, 3.8) is 0 Å². The number of piperazine rings is 1. The van der Waals surface area contributed by atoms with E-state index in [1.165, 1.54) is 20.5 Å². The molecule has 1 fully saturated rings. The molecule has 1 aromatic heterocycles. The summed E-state index contributed by atoms with van der Waals surface area (Å²) in [5.74, 6) is 1.71. The predicted octanol–water partition coefficient (Wildman–Crippen LogP) is 3.62. The van der Waals surface area contributed by atoms with Gasteiger partial charge in [0, 0.05) is 35.8 Å². The van der Waals surface area contributed by atoms with Gasteiger partial charge in [0.15, 0.2) is 11.5 Å². The third-order valence-corrected chi connectivity index (χ3v) is 6.11. The molecule has 2 aliphatic heterocycles. The standard InChI is InChI=1S/C20H20N2O2S/c1-2-4-18-14(3-1)12-19(25-18)20(22-9-7-21-8-10-22)15-5-6-16-17(11-15)24-13-23-16/h1-6,11-12,20-21H,7-10,13H2. The van der Waals surface area contributed by atoms with Crippen LogP contribution < -0.4 is 14.8 Å². The van der Waals surface area contributed by atoms with Gasteiger partial charge >= 0.3 is 0 Å². The van der Waals surface area contributed by atoms with Gasteiger partial charge in [0.05, 0.1) is 6.04 Å². The number of hydrogen-bond acceptors (Lipinski definition) is 5. The minimum absolute atomic E-state index is 0.258. The second-order valence-electron chi connectivity index (χ2n) is 6.49. The lowest BCUT2D eigenvalue weighted by Gasteiger charge is -2.34. The van der Waals surface area contributed by atoms with Gasteiger partial charge in [-0.05, 0) is 35.2 Å². The van der Waals surface area contributed by atoms with Crippen molar-refractivity contribution in [3.05, 3.63) is 59.0 Å². The van der Waals surface area contributed by atoms with Crippen LogP contribution in [0.1, 0.15) is 16.5 Å². The maximum absolute atomic E-state index is 5.62. The number of rotatable bonds is 3. The molecule has 3 heterocycles. The number of hydrogen-bond donors (Lipinski definition) is 1. The Kier molecular flexibility index (Phi) is 3.85. The zero-order valence-corrected chi connectivity index (χ0v) is 14.7. The Morgan fingerprint density at radius 2 is 1.80 bits per heavy atom. The van der Waals surface area contributed by atoms with Gasteiger partial charge in [-0.15, -0.1) is 11.3 Å². The van der Waals surface area contributed by atoms with Crippen LogP contribution in [0.15, 0.2) is 48.5 Å². The zero-order chi connectivity index (χ0) is 16.6. The number of nitrogens with one attached hydrogen (secondary N) is 1. The van der Waals surface area contributed by atoms with Crippen molar-refractivity contribution in [2.45, 2.75) is 6.04 Å². The second kappa shape index (κ2) is 6.33. The van der Waals surface area contributed by atoms with E-state index in [9.17, 15) is 0 Å². The topological polar surface area (TPSA) is 33.7 Å². The van der Waals surface area contributed by atoms with Gasteiger partial charge in [0.2, 0.25) is 6.79 Å². The number of nitrogens with zero attached hydrogens (tertiary/aromatic N) is 1. The van der Waals surface area contributed by atoms with Crippen molar-refractivity contribution in [3.8, 4) is 11.5 Å². The highest BCUT2D eigenvalue weighted by atomic mass is 32.1. The van der Waals surface area contributed by atoms with Gasteiger partial charge in [-0.3, -0.25) is 4.90 Å². The number of benzene rings is 2. The fraction of sp³-hybridized carbons (Fsp3) is 0.300. The van der Waals surface area contributed by atoms with E-state index in [4.69, 9.17) is 9.47 Å². The minimum Gasteiger partial charge on any atom is -0.454 e. The van der Waals surface area contributed by atoms with Crippen molar-refractivity contribution >= 4 is 21.4 Å².